The van der Waals surface area contributed by atoms with Crippen LogP contribution < -0.4 is 10.6 Å². The van der Waals surface area contributed by atoms with Crippen molar-refractivity contribution in [2.75, 3.05) is 38.0 Å². The number of anilines is 1. The molecule has 0 aromatic carbocycles. The van der Waals surface area contributed by atoms with E-state index in [4.69, 9.17) is 4.99 Å². The zero-order chi connectivity index (χ0) is 14.9. The summed E-state index contributed by atoms with van der Waals surface area (Å²) >= 11 is 0. The second-order valence-corrected chi connectivity index (χ2v) is 5.42. The van der Waals surface area contributed by atoms with Crippen molar-refractivity contribution >= 4 is 11.8 Å². The minimum Gasteiger partial charge on any atom is -0.367 e. The standard InChI is InChI=1S/C15H26N6/c1-3-17-15(21-10-4-13(2)5-11-21)20-9-8-19-14-12-16-6-7-18-14/h6-7,12-13H,3-5,8-11H2,1-2H3,(H,17,20)(H,18,19). The Kier molecular flexibility index (Phi) is 6.24. The van der Waals surface area contributed by atoms with Gasteiger partial charge in [0.2, 0.25) is 0 Å². The smallest absolute Gasteiger partial charge is 0.193 e. The van der Waals surface area contributed by atoms with Crippen LogP contribution in [0.4, 0.5) is 5.82 Å². The first-order valence-electron chi connectivity index (χ1n) is 7.82. The van der Waals surface area contributed by atoms with Gasteiger partial charge in [-0.1, -0.05) is 6.92 Å². The Morgan fingerprint density at radius 2 is 2.19 bits per heavy atom. The normalized spacial score (nSPS) is 16.9. The summed E-state index contributed by atoms with van der Waals surface area (Å²) < 4.78 is 0. The van der Waals surface area contributed by atoms with E-state index in [0.717, 1.165) is 50.4 Å². The summed E-state index contributed by atoms with van der Waals surface area (Å²) in [5, 5.41) is 6.61. The highest BCUT2D eigenvalue weighted by atomic mass is 15.3. The molecule has 2 heterocycles. The lowest BCUT2D eigenvalue weighted by atomic mass is 10.00. The monoisotopic (exact) mass is 290 g/mol. The highest BCUT2D eigenvalue weighted by Gasteiger charge is 2.18. The summed E-state index contributed by atoms with van der Waals surface area (Å²) in [7, 11) is 0. The van der Waals surface area contributed by atoms with Crippen LogP contribution in [0.3, 0.4) is 0 Å². The molecule has 0 saturated carbocycles. The van der Waals surface area contributed by atoms with E-state index in [9.17, 15) is 0 Å². The van der Waals surface area contributed by atoms with Crippen LogP contribution in [0.25, 0.3) is 0 Å². The number of likely N-dealkylation sites (tertiary alicyclic amines) is 1. The van der Waals surface area contributed by atoms with Crippen LogP contribution in [-0.2, 0) is 0 Å². The molecule has 21 heavy (non-hydrogen) atoms. The van der Waals surface area contributed by atoms with Gasteiger partial charge in [0.1, 0.15) is 5.82 Å². The van der Waals surface area contributed by atoms with Crippen molar-refractivity contribution in [3.8, 4) is 0 Å². The number of aliphatic imine (C=N–C) groups is 1. The predicted octanol–water partition coefficient (Wildman–Crippen LogP) is 1.59. The number of piperidine rings is 1. The zero-order valence-corrected chi connectivity index (χ0v) is 13.0. The van der Waals surface area contributed by atoms with Crippen molar-refractivity contribution in [1.29, 1.82) is 0 Å². The largest absolute Gasteiger partial charge is 0.367 e. The Hall–Kier alpha value is -1.85. The molecule has 2 N–H and O–H groups in total. The Labute approximate surface area is 127 Å². The molecule has 0 unspecified atom stereocenters. The third kappa shape index (κ3) is 5.21. The lowest BCUT2D eigenvalue weighted by Crippen LogP contribution is -2.45. The number of hydrogen-bond donors (Lipinski definition) is 2. The fourth-order valence-corrected chi connectivity index (χ4v) is 2.38. The Morgan fingerprint density at radius 3 is 2.86 bits per heavy atom. The average Bonchev–Trinajstić information content (AvgIpc) is 2.52. The summed E-state index contributed by atoms with van der Waals surface area (Å²) in [6, 6.07) is 0. The maximum atomic E-state index is 4.70. The summed E-state index contributed by atoms with van der Waals surface area (Å²) in [6.07, 6.45) is 7.58. The van der Waals surface area contributed by atoms with Crippen LogP contribution in [-0.4, -0.2) is 53.6 Å². The predicted molar refractivity (Wildman–Crippen MR) is 86.5 cm³/mol. The third-order valence-electron chi connectivity index (χ3n) is 3.66. The fourth-order valence-electron chi connectivity index (χ4n) is 2.38. The van der Waals surface area contributed by atoms with Crippen molar-refractivity contribution in [3.63, 3.8) is 0 Å². The van der Waals surface area contributed by atoms with Crippen molar-refractivity contribution in [3.05, 3.63) is 18.6 Å². The first kappa shape index (κ1) is 15.5. The van der Waals surface area contributed by atoms with Crippen LogP contribution in [0.2, 0.25) is 0 Å². The number of nitrogens with one attached hydrogen (secondary N) is 2. The molecule has 6 nitrogen and oxygen atoms in total. The Balaban J connectivity index is 1.80. The number of rotatable bonds is 5. The van der Waals surface area contributed by atoms with Gasteiger partial charge >= 0.3 is 0 Å². The zero-order valence-electron chi connectivity index (χ0n) is 13.0. The van der Waals surface area contributed by atoms with Crippen molar-refractivity contribution < 1.29 is 0 Å². The van der Waals surface area contributed by atoms with E-state index in [1.165, 1.54) is 12.8 Å². The van der Waals surface area contributed by atoms with Gasteiger partial charge in [0.15, 0.2) is 5.96 Å². The van der Waals surface area contributed by atoms with E-state index in [0.29, 0.717) is 0 Å². The van der Waals surface area contributed by atoms with Gasteiger partial charge in [-0.3, -0.25) is 9.98 Å². The van der Waals surface area contributed by atoms with E-state index in [1.54, 1.807) is 18.6 Å². The van der Waals surface area contributed by atoms with Gasteiger partial charge in [0, 0.05) is 38.6 Å². The molecule has 1 fully saturated rings. The molecule has 1 aliphatic heterocycles. The molecule has 1 saturated heterocycles. The lowest BCUT2D eigenvalue weighted by molar-refractivity contribution is 0.273. The van der Waals surface area contributed by atoms with Crippen LogP contribution in [0, 0.1) is 5.92 Å². The summed E-state index contributed by atoms with van der Waals surface area (Å²) in [4.78, 5) is 15.3. The second-order valence-electron chi connectivity index (χ2n) is 5.42. The lowest BCUT2D eigenvalue weighted by Gasteiger charge is -2.33. The quantitative estimate of drug-likeness (QED) is 0.490. The van der Waals surface area contributed by atoms with Crippen molar-refractivity contribution in [1.82, 2.24) is 20.2 Å². The first-order chi connectivity index (χ1) is 10.3. The number of guanidine groups is 1. The molecule has 0 bridgehead atoms. The van der Waals surface area contributed by atoms with E-state index in [2.05, 4.69) is 39.3 Å². The molecule has 0 radical (unpaired) electrons. The molecule has 0 atom stereocenters. The van der Waals surface area contributed by atoms with Crippen molar-refractivity contribution in [2.24, 2.45) is 10.9 Å². The number of nitrogens with zero attached hydrogens (tertiary/aromatic N) is 4. The number of hydrogen-bond acceptors (Lipinski definition) is 4. The number of aromatic nitrogens is 2. The highest BCUT2D eigenvalue weighted by Crippen LogP contribution is 2.15. The van der Waals surface area contributed by atoms with Crippen LogP contribution in [0.15, 0.2) is 23.6 Å². The van der Waals surface area contributed by atoms with Crippen molar-refractivity contribution in [2.45, 2.75) is 26.7 Å². The van der Waals surface area contributed by atoms with E-state index in [1.807, 2.05) is 0 Å². The molecule has 2 rings (SSSR count). The highest BCUT2D eigenvalue weighted by molar-refractivity contribution is 5.80. The summed E-state index contributed by atoms with van der Waals surface area (Å²) in [5.74, 6) is 2.66. The van der Waals surface area contributed by atoms with Gasteiger partial charge in [-0.05, 0) is 25.7 Å². The minimum absolute atomic E-state index is 0.727. The fraction of sp³-hybridized carbons (Fsp3) is 0.667. The Morgan fingerprint density at radius 1 is 1.38 bits per heavy atom. The van der Waals surface area contributed by atoms with Crippen LogP contribution in [0.1, 0.15) is 26.7 Å². The van der Waals surface area contributed by atoms with Crippen LogP contribution >= 0.6 is 0 Å². The molecule has 1 aromatic rings. The van der Waals surface area contributed by atoms with E-state index < -0.39 is 0 Å². The first-order valence-corrected chi connectivity index (χ1v) is 7.82. The summed E-state index contributed by atoms with van der Waals surface area (Å²) in [6.45, 7) is 9.03. The molecule has 0 spiro atoms. The van der Waals surface area contributed by atoms with Gasteiger partial charge in [0.05, 0.1) is 12.7 Å². The van der Waals surface area contributed by atoms with Gasteiger partial charge in [-0.2, -0.15) is 0 Å². The molecule has 0 amide bonds. The van der Waals surface area contributed by atoms with Gasteiger partial charge < -0.3 is 15.5 Å². The van der Waals surface area contributed by atoms with E-state index in [-0.39, 0.29) is 0 Å². The SMILES string of the molecule is CCNC(=NCCNc1cnccn1)N1CCC(C)CC1. The average molecular weight is 290 g/mol. The molecular weight excluding hydrogens is 264 g/mol. The molecule has 1 aromatic heterocycles. The molecule has 1 aliphatic rings. The van der Waals surface area contributed by atoms with E-state index >= 15 is 0 Å². The van der Waals surface area contributed by atoms with Gasteiger partial charge in [0.25, 0.3) is 0 Å². The third-order valence-corrected chi connectivity index (χ3v) is 3.66. The van der Waals surface area contributed by atoms with Gasteiger partial charge in [-0.15, -0.1) is 0 Å². The van der Waals surface area contributed by atoms with Gasteiger partial charge in [-0.25, -0.2) is 4.98 Å². The molecule has 6 heteroatoms. The second kappa shape index (κ2) is 8.44. The summed E-state index contributed by atoms with van der Waals surface area (Å²) in [5.41, 5.74) is 0. The Bertz CT molecular complexity index is 425. The maximum Gasteiger partial charge on any atom is 0.193 e. The minimum atomic E-state index is 0.727. The molecule has 116 valence electrons. The molecule has 0 aliphatic carbocycles. The van der Waals surface area contributed by atoms with Crippen LogP contribution in [0.5, 0.6) is 0 Å². The molecular formula is C15H26N6. The topological polar surface area (TPSA) is 65.4 Å². The maximum absolute atomic E-state index is 4.70.